The lowest BCUT2D eigenvalue weighted by Gasteiger charge is -2.37. The van der Waals surface area contributed by atoms with E-state index in [0.29, 0.717) is 18.4 Å². The summed E-state index contributed by atoms with van der Waals surface area (Å²) < 4.78 is 0. The zero-order chi connectivity index (χ0) is 13.2. The highest BCUT2D eigenvalue weighted by Crippen LogP contribution is 2.30. The van der Waals surface area contributed by atoms with Crippen LogP contribution in [-0.4, -0.2) is 27.4 Å². The molecular formula is C14H17NO3. The molecule has 0 amide bonds. The second-order valence-electron chi connectivity index (χ2n) is 4.92. The minimum atomic E-state index is -0.902. The van der Waals surface area contributed by atoms with Gasteiger partial charge in [0.15, 0.2) is 11.6 Å². The summed E-state index contributed by atoms with van der Waals surface area (Å²) in [7, 11) is 0. The van der Waals surface area contributed by atoms with E-state index in [1.807, 2.05) is 0 Å². The first kappa shape index (κ1) is 12.8. The molecule has 0 aromatic carbocycles. The summed E-state index contributed by atoms with van der Waals surface area (Å²) >= 11 is 0. The van der Waals surface area contributed by atoms with E-state index in [1.165, 1.54) is 12.3 Å². The summed E-state index contributed by atoms with van der Waals surface area (Å²) in [4.78, 5) is 23.5. The zero-order valence-corrected chi connectivity index (χ0v) is 10.4. The first-order valence-electron chi connectivity index (χ1n) is 6.16. The number of hydroxylamine groups is 2. The third-order valence-corrected chi connectivity index (χ3v) is 3.60. The van der Waals surface area contributed by atoms with Gasteiger partial charge >= 0.3 is 0 Å². The van der Waals surface area contributed by atoms with Crippen LogP contribution < -0.4 is 0 Å². The Morgan fingerprint density at radius 3 is 2.67 bits per heavy atom. The van der Waals surface area contributed by atoms with Gasteiger partial charge in [0.1, 0.15) is 5.54 Å². The predicted octanol–water partition coefficient (Wildman–Crippen LogP) is 2.16. The molecule has 1 atom stereocenters. The molecule has 0 heterocycles. The summed E-state index contributed by atoms with van der Waals surface area (Å²) in [6.45, 7) is 1.72. The van der Waals surface area contributed by atoms with Crippen molar-refractivity contribution in [2.45, 2.75) is 38.1 Å². The average molecular weight is 247 g/mol. The van der Waals surface area contributed by atoms with Gasteiger partial charge < -0.3 is 0 Å². The highest BCUT2D eigenvalue weighted by Gasteiger charge is 2.39. The van der Waals surface area contributed by atoms with E-state index in [2.05, 4.69) is 0 Å². The minimum Gasteiger partial charge on any atom is -0.297 e. The lowest BCUT2D eigenvalue weighted by atomic mass is 9.82. The second-order valence-corrected chi connectivity index (χ2v) is 4.92. The van der Waals surface area contributed by atoms with Crippen molar-refractivity contribution in [2.24, 2.45) is 0 Å². The standard InChI is InChI=1S/C14H17NO3/c1-14(9-5-4-8-13(14)17)15(18)10-11-6-2-3-7-12(11)16/h2-3,6-7,10,18H,4-5,8-9H2,1H3/t14-/m1/s1. The monoisotopic (exact) mass is 247 g/mol. The molecule has 96 valence electrons. The van der Waals surface area contributed by atoms with Crippen molar-refractivity contribution in [2.75, 3.05) is 0 Å². The quantitative estimate of drug-likeness (QED) is 0.600. The number of nitrogens with zero attached hydrogens (tertiary/aromatic N) is 1. The molecule has 0 spiro atoms. The van der Waals surface area contributed by atoms with Crippen molar-refractivity contribution in [1.82, 2.24) is 5.06 Å². The van der Waals surface area contributed by atoms with Crippen LogP contribution in [0, 0.1) is 0 Å². The topological polar surface area (TPSA) is 57.6 Å². The third-order valence-electron chi connectivity index (χ3n) is 3.60. The summed E-state index contributed by atoms with van der Waals surface area (Å²) in [6.07, 6.45) is 10.7. The average Bonchev–Trinajstić information content (AvgIpc) is 2.36. The normalized spacial score (nSPS) is 30.0. The Labute approximate surface area is 106 Å². The number of hydrogen-bond acceptors (Lipinski definition) is 4. The first-order chi connectivity index (χ1) is 8.54. The van der Waals surface area contributed by atoms with Crippen LogP contribution in [0.5, 0.6) is 0 Å². The molecule has 18 heavy (non-hydrogen) atoms. The molecule has 0 bridgehead atoms. The maximum Gasteiger partial charge on any atom is 0.187 e. The smallest absolute Gasteiger partial charge is 0.187 e. The van der Waals surface area contributed by atoms with Gasteiger partial charge in [-0.2, -0.15) is 0 Å². The zero-order valence-electron chi connectivity index (χ0n) is 10.4. The number of allylic oxidation sites excluding steroid dienone is 5. The Balaban J connectivity index is 2.21. The minimum absolute atomic E-state index is 0.0240. The molecule has 2 rings (SSSR count). The molecule has 1 fully saturated rings. The van der Waals surface area contributed by atoms with Crippen LogP contribution in [0.3, 0.4) is 0 Å². The lowest BCUT2D eigenvalue weighted by molar-refractivity contribution is -0.162. The van der Waals surface area contributed by atoms with E-state index in [4.69, 9.17) is 0 Å². The van der Waals surface area contributed by atoms with Gasteiger partial charge in [0.2, 0.25) is 0 Å². The SMILES string of the molecule is C[C@@]1(N(O)C=C2C=CC=CC2=O)CCCCC1=O. The highest BCUT2D eigenvalue weighted by atomic mass is 16.5. The van der Waals surface area contributed by atoms with E-state index in [1.54, 1.807) is 25.2 Å². The summed E-state index contributed by atoms with van der Waals surface area (Å²) in [5.41, 5.74) is -0.514. The third kappa shape index (κ3) is 2.29. The van der Waals surface area contributed by atoms with Gasteiger partial charge in [-0.15, -0.1) is 0 Å². The Hall–Kier alpha value is -1.68. The molecule has 0 unspecified atom stereocenters. The van der Waals surface area contributed by atoms with E-state index in [9.17, 15) is 14.8 Å². The highest BCUT2D eigenvalue weighted by molar-refractivity contribution is 6.07. The van der Waals surface area contributed by atoms with Crippen molar-refractivity contribution >= 4 is 11.6 Å². The van der Waals surface area contributed by atoms with E-state index < -0.39 is 5.54 Å². The number of hydrogen-bond donors (Lipinski definition) is 1. The van der Waals surface area contributed by atoms with E-state index in [0.717, 1.165) is 17.9 Å². The molecule has 1 saturated carbocycles. The number of carbonyl (C=O) groups excluding carboxylic acids is 2. The van der Waals surface area contributed by atoms with Crippen LogP contribution in [0.15, 0.2) is 36.1 Å². The van der Waals surface area contributed by atoms with Crippen LogP contribution in [0.2, 0.25) is 0 Å². The maximum atomic E-state index is 11.9. The lowest BCUT2D eigenvalue weighted by Crippen LogP contribution is -2.50. The Kier molecular flexibility index (Phi) is 3.48. The Bertz CT molecular complexity index is 462. The molecule has 0 saturated heterocycles. The number of carbonyl (C=O) groups is 2. The second kappa shape index (κ2) is 4.90. The van der Waals surface area contributed by atoms with Crippen LogP contribution >= 0.6 is 0 Å². The fourth-order valence-electron chi connectivity index (χ4n) is 2.27. The van der Waals surface area contributed by atoms with Crippen molar-refractivity contribution in [3.8, 4) is 0 Å². The Morgan fingerprint density at radius 1 is 1.28 bits per heavy atom. The molecule has 0 aliphatic heterocycles. The molecule has 4 nitrogen and oxygen atoms in total. The van der Waals surface area contributed by atoms with Crippen molar-refractivity contribution in [3.63, 3.8) is 0 Å². The van der Waals surface area contributed by atoms with Crippen molar-refractivity contribution in [1.29, 1.82) is 0 Å². The van der Waals surface area contributed by atoms with Gasteiger partial charge in [-0.05, 0) is 31.9 Å². The first-order valence-corrected chi connectivity index (χ1v) is 6.16. The van der Waals surface area contributed by atoms with Gasteiger partial charge in [-0.1, -0.05) is 18.6 Å². The summed E-state index contributed by atoms with van der Waals surface area (Å²) in [5, 5.41) is 11.0. The molecule has 4 heteroatoms. The maximum absolute atomic E-state index is 11.9. The molecular weight excluding hydrogens is 230 g/mol. The molecule has 0 aromatic rings. The molecule has 2 aliphatic rings. The van der Waals surface area contributed by atoms with E-state index >= 15 is 0 Å². The molecule has 2 aliphatic carbocycles. The van der Waals surface area contributed by atoms with Crippen LogP contribution in [0.25, 0.3) is 0 Å². The van der Waals surface area contributed by atoms with Crippen LogP contribution in [-0.2, 0) is 9.59 Å². The van der Waals surface area contributed by atoms with Gasteiger partial charge in [-0.25, -0.2) is 0 Å². The van der Waals surface area contributed by atoms with Crippen molar-refractivity contribution < 1.29 is 14.8 Å². The van der Waals surface area contributed by atoms with Crippen LogP contribution in [0.1, 0.15) is 32.6 Å². The number of rotatable bonds is 2. The molecule has 0 aromatic heterocycles. The molecule has 1 N–H and O–H groups in total. The fourth-order valence-corrected chi connectivity index (χ4v) is 2.27. The fraction of sp³-hybridized carbons (Fsp3) is 0.429. The van der Waals surface area contributed by atoms with Gasteiger partial charge in [-0.3, -0.25) is 19.9 Å². The summed E-state index contributed by atoms with van der Waals surface area (Å²) in [5.74, 6) is -0.140. The largest absolute Gasteiger partial charge is 0.297 e. The molecule has 0 radical (unpaired) electrons. The van der Waals surface area contributed by atoms with Gasteiger partial charge in [0.05, 0.1) is 0 Å². The predicted molar refractivity (Wildman–Crippen MR) is 66.9 cm³/mol. The summed E-state index contributed by atoms with van der Waals surface area (Å²) in [6, 6.07) is 0. The van der Waals surface area contributed by atoms with Gasteiger partial charge in [0.25, 0.3) is 0 Å². The van der Waals surface area contributed by atoms with Crippen LogP contribution in [0.4, 0.5) is 0 Å². The van der Waals surface area contributed by atoms with E-state index in [-0.39, 0.29) is 11.6 Å². The van der Waals surface area contributed by atoms with Gasteiger partial charge in [0, 0.05) is 18.2 Å². The van der Waals surface area contributed by atoms with Crippen molar-refractivity contribution in [3.05, 3.63) is 36.1 Å². The number of Topliss-reactive ketones (excluding diaryl/α,β-unsaturated/α-hetero) is 1. The number of ketones is 2. The Morgan fingerprint density at radius 2 is 2.00 bits per heavy atom.